The second-order valence-electron chi connectivity index (χ2n) is 12.4. The molecule has 0 spiro atoms. The van der Waals surface area contributed by atoms with Gasteiger partial charge in [0.25, 0.3) is 0 Å². The van der Waals surface area contributed by atoms with Gasteiger partial charge in [-0.3, -0.25) is 4.79 Å². The minimum absolute atomic E-state index is 0.0912. The molecule has 1 aromatic carbocycles. The lowest BCUT2D eigenvalue weighted by Gasteiger charge is -2.53. The number of ketones is 1. The summed E-state index contributed by atoms with van der Waals surface area (Å²) in [5.41, 5.74) is 1.86. The Balaban J connectivity index is 3.47. The van der Waals surface area contributed by atoms with Crippen LogP contribution >= 0.6 is 0 Å². The topological polar surface area (TPSA) is 37.3 Å². The van der Waals surface area contributed by atoms with Gasteiger partial charge in [0.05, 0.1) is 0 Å². The number of benzene rings is 1. The highest BCUT2D eigenvalue weighted by Crippen LogP contribution is 2.56. The van der Waals surface area contributed by atoms with E-state index in [1.807, 2.05) is 15.7 Å². The van der Waals surface area contributed by atoms with Crippen LogP contribution < -0.4 is 10.9 Å². The number of Topliss-reactive ketones (excluding diaryl/α,β-unsaturated/α-hetero) is 1. The van der Waals surface area contributed by atoms with Crippen LogP contribution in [0.4, 0.5) is 0 Å². The SMILES string of the molecule is Bc1cc(C(C)(C)CC(C)(C)C(C)(CC)C(=O)C(C)(CC)C(C)(C)C)cc(B)c1O. The highest BCUT2D eigenvalue weighted by Gasteiger charge is 2.55. The third-order valence-corrected chi connectivity index (χ3v) is 8.72. The number of hydrogen-bond donors (Lipinski definition) is 1. The quantitative estimate of drug-likeness (QED) is 0.655. The summed E-state index contributed by atoms with van der Waals surface area (Å²) in [5, 5.41) is 10.2. The first-order valence-corrected chi connectivity index (χ1v) is 11.7. The van der Waals surface area contributed by atoms with Crippen molar-refractivity contribution < 1.29 is 9.90 Å². The zero-order valence-corrected chi connectivity index (χ0v) is 22.1. The molecule has 0 fully saturated rings. The molecule has 0 radical (unpaired) electrons. The average Bonchev–Trinajstić information content (AvgIpc) is 2.61. The molecule has 1 rings (SSSR count). The summed E-state index contributed by atoms with van der Waals surface area (Å²) in [6, 6.07) is 4.21. The lowest BCUT2D eigenvalue weighted by atomic mass is 9.50. The molecule has 0 aliphatic carbocycles. The Morgan fingerprint density at radius 2 is 1.23 bits per heavy atom. The first-order chi connectivity index (χ1) is 13.3. The predicted octanol–water partition coefficient (Wildman–Crippen LogP) is 4.05. The van der Waals surface area contributed by atoms with Crippen molar-refractivity contribution in [1.29, 1.82) is 0 Å². The molecule has 2 nitrogen and oxygen atoms in total. The van der Waals surface area contributed by atoms with Crippen molar-refractivity contribution in [2.24, 2.45) is 21.7 Å². The smallest absolute Gasteiger partial charge is 0.145 e. The molecule has 168 valence electrons. The van der Waals surface area contributed by atoms with Crippen molar-refractivity contribution >= 4 is 32.4 Å². The molecule has 1 aromatic rings. The molecule has 4 heteroatoms. The van der Waals surface area contributed by atoms with Crippen molar-refractivity contribution in [1.82, 2.24) is 0 Å². The van der Waals surface area contributed by atoms with E-state index in [1.54, 1.807) is 0 Å². The van der Waals surface area contributed by atoms with E-state index in [2.05, 4.69) is 88.3 Å². The summed E-state index contributed by atoms with van der Waals surface area (Å²) < 4.78 is 0. The Morgan fingerprint density at radius 3 is 1.57 bits per heavy atom. The maximum absolute atomic E-state index is 14.2. The Hall–Kier alpha value is -1.18. The van der Waals surface area contributed by atoms with Crippen molar-refractivity contribution in [2.75, 3.05) is 0 Å². The van der Waals surface area contributed by atoms with E-state index >= 15 is 0 Å². The van der Waals surface area contributed by atoms with Gasteiger partial charge in [-0.1, -0.05) is 88.3 Å². The van der Waals surface area contributed by atoms with Crippen molar-refractivity contribution in [3.8, 4) is 5.75 Å². The van der Waals surface area contributed by atoms with Gasteiger partial charge < -0.3 is 5.11 Å². The fourth-order valence-corrected chi connectivity index (χ4v) is 5.34. The highest BCUT2D eigenvalue weighted by molar-refractivity contribution is 6.41. The van der Waals surface area contributed by atoms with E-state index in [-0.39, 0.29) is 21.7 Å². The van der Waals surface area contributed by atoms with Crippen LogP contribution in [-0.2, 0) is 10.2 Å². The van der Waals surface area contributed by atoms with Gasteiger partial charge in [0, 0.05) is 10.8 Å². The lowest BCUT2D eigenvalue weighted by Crippen LogP contribution is -2.54. The van der Waals surface area contributed by atoms with Gasteiger partial charge in [0.1, 0.15) is 27.2 Å². The van der Waals surface area contributed by atoms with E-state index in [4.69, 9.17) is 0 Å². The summed E-state index contributed by atoms with van der Waals surface area (Å²) in [4.78, 5) is 14.2. The predicted molar refractivity (Wildman–Crippen MR) is 137 cm³/mol. The molecule has 2 atom stereocenters. The van der Waals surface area contributed by atoms with Gasteiger partial charge in [-0.05, 0) is 52.0 Å². The van der Waals surface area contributed by atoms with Crippen LogP contribution in [0.5, 0.6) is 5.75 Å². The zero-order chi connectivity index (χ0) is 23.9. The van der Waals surface area contributed by atoms with Crippen LogP contribution in [0.15, 0.2) is 12.1 Å². The second-order valence-corrected chi connectivity index (χ2v) is 12.4. The van der Waals surface area contributed by atoms with Gasteiger partial charge in [-0.2, -0.15) is 0 Å². The number of hydrogen-bond acceptors (Lipinski definition) is 2. The van der Waals surface area contributed by atoms with Crippen molar-refractivity contribution in [2.45, 2.75) is 101 Å². The third-order valence-electron chi connectivity index (χ3n) is 8.72. The van der Waals surface area contributed by atoms with E-state index in [0.29, 0.717) is 11.5 Å². The average molecular weight is 412 g/mol. The monoisotopic (exact) mass is 412 g/mol. The molecule has 2 unspecified atom stereocenters. The molecule has 0 aliphatic heterocycles. The molecule has 0 heterocycles. The van der Waals surface area contributed by atoms with E-state index in [9.17, 15) is 9.90 Å². The van der Waals surface area contributed by atoms with Crippen LogP contribution in [0.3, 0.4) is 0 Å². The van der Waals surface area contributed by atoms with Crippen LogP contribution in [0, 0.1) is 21.7 Å². The summed E-state index contributed by atoms with van der Waals surface area (Å²) in [6.45, 7) is 24.3. The Labute approximate surface area is 188 Å². The maximum Gasteiger partial charge on any atom is 0.145 e. The molecular weight excluding hydrogens is 366 g/mol. The maximum atomic E-state index is 14.2. The van der Waals surface area contributed by atoms with E-state index in [1.165, 1.54) is 5.56 Å². The molecule has 0 aliphatic rings. The number of phenols is 1. The number of aromatic hydroxyl groups is 1. The van der Waals surface area contributed by atoms with Crippen LogP contribution in [0.2, 0.25) is 0 Å². The highest BCUT2D eigenvalue weighted by atomic mass is 16.3. The molecule has 0 bridgehead atoms. The largest absolute Gasteiger partial charge is 0.509 e. The molecule has 0 amide bonds. The standard InChI is InChI=1S/C26H46B2O2/c1-12-25(10,22(3,4)5)21(30)26(11,13-2)24(8,9)16-23(6,7)17-14-18(27)20(29)19(28)15-17/h14-15,29H,12-13,16,27-28H2,1-11H3. The van der Waals surface area contributed by atoms with Gasteiger partial charge in [-0.15, -0.1) is 0 Å². The van der Waals surface area contributed by atoms with Crippen LogP contribution in [0.1, 0.15) is 101 Å². The number of rotatable bonds is 8. The minimum atomic E-state index is -0.427. The van der Waals surface area contributed by atoms with Gasteiger partial charge >= 0.3 is 0 Å². The lowest BCUT2D eigenvalue weighted by molar-refractivity contribution is -0.153. The first-order valence-electron chi connectivity index (χ1n) is 11.7. The zero-order valence-electron chi connectivity index (χ0n) is 22.1. The molecule has 0 saturated heterocycles. The number of carbonyl (C=O) groups is 1. The van der Waals surface area contributed by atoms with Crippen LogP contribution in [0.25, 0.3) is 0 Å². The normalized spacial score (nSPS) is 17.3. The Kier molecular flexibility index (Phi) is 7.52. The van der Waals surface area contributed by atoms with Crippen molar-refractivity contribution in [3.63, 3.8) is 0 Å². The fraction of sp³-hybridized carbons (Fsp3) is 0.731. The third kappa shape index (κ3) is 4.53. The first kappa shape index (κ1) is 26.9. The Morgan fingerprint density at radius 1 is 0.833 bits per heavy atom. The van der Waals surface area contributed by atoms with Crippen molar-refractivity contribution in [3.05, 3.63) is 17.7 Å². The molecule has 0 aromatic heterocycles. The summed E-state index contributed by atoms with van der Waals surface area (Å²) in [5.74, 6) is 0.776. The van der Waals surface area contributed by atoms with Crippen LogP contribution in [-0.4, -0.2) is 26.6 Å². The number of carbonyl (C=O) groups excluding carboxylic acids is 1. The van der Waals surface area contributed by atoms with E-state index < -0.39 is 5.41 Å². The summed E-state index contributed by atoms with van der Waals surface area (Å²) in [6.07, 6.45) is 2.57. The van der Waals surface area contributed by atoms with E-state index in [0.717, 1.165) is 30.2 Å². The summed E-state index contributed by atoms with van der Waals surface area (Å²) in [7, 11) is 3.92. The molecule has 0 saturated carbocycles. The van der Waals surface area contributed by atoms with Gasteiger partial charge in [-0.25, -0.2) is 0 Å². The Bertz CT molecular complexity index is 766. The molecular formula is C26H46B2O2. The second kappa shape index (κ2) is 8.40. The minimum Gasteiger partial charge on any atom is -0.509 e. The van der Waals surface area contributed by atoms with Gasteiger partial charge in [0.15, 0.2) is 0 Å². The summed E-state index contributed by atoms with van der Waals surface area (Å²) >= 11 is 0. The van der Waals surface area contributed by atoms with Gasteiger partial charge in [0.2, 0.25) is 0 Å². The molecule has 30 heavy (non-hydrogen) atoms. The number of phenolic OH excluding ortho intramolecular Hbond substituents is 1. The fourth-order valence-electron chi connectivity index (χ4n) is 5.34. The molecule has 1 N–H and O–H groups in total.